The van der Waals surface area contributed by atoms with Gasteiger partial charge in [-0.3, -0.25) is 9.78 Å². The van der Waals surface area contributed by atoms with E-state index in [-0.39, 0.29) is 12.5 Å². The SMILES string of the molecule is O=C(CCc1ccncc1)NC1(CO)CCOCC1. The molecule has 5 nitrogen and oxygen atoms in total. The van der Waals surface area contributed by atoms with Crippen LogP contribution >= 0.6 is 0 Å². The van der Waals surface area contributed by atoms with E-state index in [1.807, 2.05) is 12.1 Å². The monoisotopic (exact) mass is 264 g/mol. The fourth-order valence-corrected chi connectivity index (χ4v) is 2.25. The predicted molar refractivity (Wildman–Crippen MR) is 70.6 cm³/mol. The molecule has 19 heavy (non-hydrogen) atoms. The first-order valence-electron chi connectivity index (χ1n) is 6.63. The summed E-state index contributed by atoms with van der Waals surface area (Å²) in [5.41, 5.74) is 0.600. The number of pyridine rings is 1. The van der Waals surface area contributed by atoms with Crippen LogP contribution in [0.15, 0.2) is 24.5 Å². The van der Waals surface area contributed by atoms with E-state index in [2.05, 4.69) is 10.3 Å². The van der Waals surface area contributed by atoms with Crippen molar-refractivity contribution in [3.63, 3.8) is 0 Å². The van der Waals surface area contributed by atoms with Gasteiger partial charge in [-0.05, 0) is 37.0 Å². The quantitative estimate of drug-likeness (QED) is 0.820. The van der Waals surface area contributed by atoms with Gasteiger partial charge in [0.05, 0.1) is 12.1 Å². The number of aliphatic hydroxyl groups excluding tert-OH is 1. The molecule has 0 unspecified atom stereocenters. The summed E-state index contributed by atoms with van der Waals surface area (Å²) in [5, 5.41) is 12.5. The smallest absolute Gasteiger partial charge is 0.220 e. The zero-order valence-corrected chi connectivity index (χ0v) is 11.0. The molecular formula is C14H20N2O3. The van der Waals surface area contributed by atoms with Gasteiger partial charge in [0, 0.05) is 32.0 Å². The van der Waals surface area contributed by atoms with Crippen molar-refractivity contribution in [2.75, 3.05) is 19.8 Å². The first kappa shape index (κ1) is 14.0. The molecule has 2 N–H and O–H groups in total. The Bertz CT molecular complexity index is 402. The van der Waals surface area contributed by atoms with Gasteiger partial charge < -0.3 is 15.2 Å². The average Bonchev–Trinajstić information content (AvgIpc) is 2.47. The van der Waals surface area contributed by atoms with Crippen LogP contribution in [0.3, 0.4) is 0 Å². The van der Waals surface area contributed by atoms with Crippen LogP contribution in [0.25, 0.3) is 0 Å². The molecule has 1 fully saturated rings. The van der Waals surface area contributed by atoms with Crippen LogP contribution in [-0.2, 0) is 16.0 Å². The summed E-state index contributed by atoms with van der Waals surface area (Å²) in [6, 6.07) is 3.81. The molecule has 1 saturated heterocycles. The Balaban J connectivity index is 1.83. The number of nitrogens with zero attached hydrogens (tertiary/aromatic N) is 1. The molecule has 1 aromatic rings. The Labute approximate surface area is 113 Å². The highest BCUT2D eigenvalue weighted by atomic mass is 16.5. The van der Waals surface area contributed by atoms with E-state index >= 15 is 0 Å². The highest BCUT2D eigenvalue weighted by Crippen LogP contribution is 2.20. The zero-order valence-electron chi connectivity index (χ0n) is 11.0. The lowest BCUT2D eigenvalue weighted by Gasteiger charge is -2.36. The van der Waals surface area contributed by atoms with Crippen LogP contribution in [0.4, 0.5) is 0 Å². The van der Waals surface area contributed by atoms with Gasteiger partial charge in [0.25, 0.3) is 0 Å². The average molecular weight is 264 g/mol. The van der Waals surface area contributed by atoms with Crippen molar-refractivity contribution in [3.8, 4) is 0 Å². The minimum Gasteiger partial charge on any atom is -0.394 e. The Morgan fingerprint density at radius 3 is 2.68 bits per heavy atom. The number of rotatable bonds is 5. The molecule has 0 aromatic carbocycles. The van der Waals surface area contributed by atoms with Gasteiger partial charge in [0.2, 0.25) is 5.91 Å². The Morgan fingerprint density at radius 1 is 1.37 bits per heavy atom. The standard InChI is InChI=1S/C14H20N2O3/c17-11-14(5-9-19-10-6-14)16-13(18)2-1-12-3-7-15-8-4-12/h3-4,7-8,17H,1-2,5-6,9-11H2,(H,16,18). The number of carbonyl (C=O) groups excluding carboxylic acids is 1. The van der Waals surface area contributed by atoms with Crippen LogP contribution < -0.4 is 5.32 Å². The first-order chi connectivity index (χ1) is 9.24. The van der Waals surface area contributed by atoms with Crippen molar-refractivity contribution in [3.05, 3.63) is 30.1 Å². The summed E-state index contributed by atoms with van der Waals surface area (Å²) >= 11 is 0. The fourth-order valence-electron chi connectivity index (χ4n) is 2.25. The highest BCUT2D eigenvalue weighted by Gasteiger charge is 2.33. The third-order valence-corrected chi connectivity index (χ3v) is 3.55. The number of hydrogen-bond acceptors (Lipinski definition) is 4. The Kier molecular flexibility index (Phi) is 4.87. The molecule has 104 valence electrons. The maximum atomic E-state index is 12.0. The van der Waals surface area contributed by atoms with Crippen LogP contribution in [0, 0.1) is 0 Å². The molecule has 0 spiro atoms. The molecule has 0 radical (unpaired) electrons. The first-order valence-corrected chi connectivity index (χ1v) is 6.63. The minimum absolute atomic E-state index is 0.0206. The minimum atomic E-state index is -0.492. The molecule has 0 bridgehead atoms. The van der Waals surface area contributed by atoms with Crippen LogP contribution in [0.5, 0.6) is 0 Å². The number of carbonyl (C=O) groups is 1. The lowest BCUT2D eigenvalue weighted by atomic mass is 9.90. The summed E-state index contributed by atoms with van der Waals surface area (Å²) in [5.74, 6) is -0.0206. The number of amides is 1. The zero-order chi connectivity index (χ0) is 13.6. The largest absolute Gasteiger partial charge is 0.394 e. The molecule has 0 saturated carbocycles. The van der Waals surface area contributed by atoms with Gasteiger partial charge >= 0.3 is 0 Å². The van der Waals surface area contributed by atoms with E-state index < -0.39 is 5.54 Å². The van der Waals surface area contributed by atoms with E-state index in [1.165, 1.54) is 0 Å². The lowest BCUT2D eigenvalue weighted by molar-refractivity contribution is -0.125. The molecule has 1 amide bonds. The number of ether oxygens (including phenoxy) is 1. The van der Waals surface area contributed by atoms with Gasteiger partial charge in [0.15, 0.2) is 0 Å². The molecule has 1 aliphatic rings. The predicted octanol–water partition coefficient (Wildman–Crippen LogP) is 0.672. The second-order valence-electron chi connectivity index (χ2n) is 4.95. The molecule has 2 rings (SSSR count). The van der Waals surface area contributed by atoms with Crippen molar-refractivity contribution in [1.29, 1.82) is 0 Å². The number of aliphatic hydroxyl groups is 1. The van der Waals surface area contributed by atoms with Gasteiger partial charge in [-0.15, -0.1) is 0 Å². The molecule has 0 atom stereocenters. The normalized spacial score (nSPS) is 17.9. The van der Waals surface area contributed by atoms with Crippen LogP contribution in [-0.4, -0.2) is 41.4 Å². The second-order valence-corrected chi connectivity index (χ2v) is 4.95. The molecule has 1 aliphatic heterocycles. The summed E-state index contributed by atoms with van der Waals surface area (Å²) in [4.78, 5) is 15.9. The van der Waals surface area contributed by atoms with Crippen LogP contribution in [0.1, 0.15) is 24.8 Å². The summed E-state index contributed by atoms with van der Waals surface area (Å²) in [7, 11) is 0. The molecule has 5 heteroatoms. The van der Waals surface area contributed by atoms with Gasteiger partial charge in [-0.1, -0.05) is 0 Å². The van der Waals surface area contributed by atoms with Gasteiger partial charge in [-0.25, -0.2) is 0 Å². The lowest BCUT2D eigenvalue weighted by Crippen LogP contribution is -2.54. The van der Waals surface area contributed by atoms with E-state index in [4.69, 9.17) is 4.74 Å². The number of hydrogen-bond donors (Lipinski definition) is 2. The molecule has 0 aliphatic carbocycles. The third-order valence-electron chi connectivity index (χ3n) is 3.55. The van der Waals surface area contributed by atoms with E-state index in [0.29, 0.717) is 38.9 Å². The summed E-state index contributed by atoms with van der Waals surface area (Å²) in [6.45, 7) is 1.15. The molecule has 1 aromatic heterocycles. The van der Waals surface area contributed by atoms with E-state index in [1.54, 1.807) is 12.4 Å². The van der Waals surface area contributed by atoms with Gasteiger partial charge in [-0.2, -0.15) is 0 Å². The second kappa shape index (κ2) is 6.63. The molecule has 2 heterocycles. The van der Waals surface area contributed by atoms with Crippen LogP contribution in [0.2, 0.25) is 0 Å². The van der Waals surface area contributed by atoms with Gasteiger partial charge in [0.1, 0.15) is 0 Å². The summed E-state index contributed by atoms with van der Waals surface area (Å²) < 4.78 is 5.27. The van der Waals surface area contributed by atoms with Crippen molar-refractivity contribution in [1.82, 2.24) is 10.3 Å². The number of aryl methyl sites for hydroxylation is 1. The maximum Gasteiger partial charge on any atom is 0.220 e. The van der Waals surface area contributed by atoms with Crippen molar-refractivity contribution >= 4 is 5.91 Å². The summed E-state index contributed by atoms with van der Waals surface area (Å²) in [6.07, 6.45) is 5.90. The van der Waals surface area contributed by atoms with Crippen molar-refractivity contribution in [2.24, 2.45) is 0 Å². The third kappa shape index (κ3) is 4.01. The van der Waals surface area contributed by atoms with E-state index in [9.17, 15) is 9.90 Å². The topological polar surface area (TPSA) is 71.5 Å². The Morgan fingerprint density at radius 2 is 2.05 bits per heavy atom. The van der Waals surface area contributed by atoms with Crippen molar-refractivity contribution < 1.29 is 14.6 Å². The Hall–Kier alpha value is -1.46. The maximum absolute atomic E-state index is 12.0. The highest BCUT2D eigenvalue weighted by molar-refractivity contribution is 5.77. The van der Waals surface area contributed by atoms with Crippen molar-refractivity contribution in [2.45, 2.75) is 31.2 Å². The number of nitrogens with one attached hydrogen (secondary N) is 1. The fraction of sp³-hybridized carbons (Fsp3) is 0.571. The molecular weight excluding hydrogens is 244 g/mol. The number of aromatic nitrogens is 1. The van der Waals surface area contributed by atoms with E-state index in [0.717, 1.165) is 5.56 Å².